The number of ether oxygens (including phenoxy) is 1. The minimum atomic E-state index is 0.249. The Kier molecular flexibility index (Phi) is 2.31. The molecule has 0 saturated heterocycles. The molecule has 1 heterocycles. The van der Waals surface area contributed by atoms with Crippen molar-refractivity contribution in [1.29, 1.82) is 0 Å². The highest BCUT2D eigenvalue weighted by molar-refractivity contribution is 5.33. The molecule has 1 N–H and O–H groups in total. The van der Waals surface area contributed by atoms with Gasteiger partial charge in [0.25, 0.3) is 0 Å². The zero-order valence-electron chi connectivity index (χ0n) is 6.66. The van der Waals surface area contributed by atoms with Gasteiger partial charge in [-0.05, 0) is 6.42 Å². The third-order valence-electron chi connectivity index (χ3n) is 1.53. The van der Waals surface area contributed by atoms with Crippen LogP contribution in [-0.2, 0) is 6.42 Å². The van der Waals surface area contributed by atoms with Crippen LogP contribution in [-0.4, -0.2) is 17.2 Å². The van der Waals surface area contributed by atoms with Crippen molar-refractivity contribution in [1.82, 2.24) is 4.98 Å². The largest absolute Gasteiger partial charge is 0.507 e. The molecule has 0 saturated carbocycles. The molecule has 0 aliphatic carbocycles. The van der Waals surface area contributed by atoms with Crippen molar-refractivity contribution in [3.05, 3.63) is 17.8 Å². The fraction of sp³-hybridized carbons (Fsp3) is 0.375. The number of hydrogen-bond acceptors (Lipinski definition) is 3. The number of pyridine rings is 1. The van der Waals surface area contributed by atoms with Crippen LogP contribution in [0.4, 0.5) is 0 Å². The third kappa shape index (κ3) is 1.61. The Morgan fingerprint density at radius 1 is 1.64 bits per heavy atom. The zero-order valence-corrected chi connectivity index (χ0v) is 6.66. The second kappa shape index (κ2) is 3.23. The summed E-state index contributed by atoms with van der Waals surface area (Å²) in [6, 6.07) is 1.51. The van der Waals surface area contributed by atoms with Gasteiger partial charge in [0.05, 0.1) is 7.11 Å². The quantitative estimate of drug-likeness (QED) is 0.697. The smallest absolute Gasteiger partial charge is 0.216 e. The summed E-state index contributed by atoms with van der Waals surface area (Å²) in [5.41, 5.74) is 0.839. The summed E-state index contributed by atoms with van der Waals surface area (Å²) in [7, 11) is 1.52. The van der Waals surface area contributed by atoms with Gasteiger partial charge in [-0.1, -0.05) is 6.92 Å². The summed E-state index contributed by atoms with van der Waals surface area (Å²) in [6.45, 7) is 1.96. The van der Waals surface area contributed by atoms with E-state index in [4.69, 9.17) is 4.74 Å². The van der Waals surface area contributed by atoms with Crippen LogP contribution in [0.2, 0.25) is 0 Å². The molecular formula is C8H11NO2. The fourth-order valence-electron chi connectivity index (χ4n) is 0.839. The normalized spacial score (nSPS) is 9.64. The number of rotatable bonds is 2. The lowest BCUT2D eigenvalue weighted by Crippen LogP contribution is -1.89. The summed E-state index contributed by atoms with van der Waals surface area (Å²) >= 11 is 0. The van der Waals surface area contributed by atoms with Crippen LogP contribution in [0.15, 0.2) is 12.3 Å². The highest BCUT2D eigenvalue weighted by atomic mass is 16.5. The Bertz CT molecular complexity index is 248. The lowest BCUT2D eigenvalue weighted by atomic mass is 10.2. The Morgan fingerprint density at radius 3 is 2.82 bits per heavy atom. The molecule has 0 amide bonds. The van der Waals surface area contributed by atoms with E-state index in [2.05, 4.69) is 4.98 Å². The molecule has 1 aromatic rings. The maximum atomic E-state index is 9.30. The van der Waals surface area contributed by atoms with E-state index in [1.807, 2.05) is 6.92 Å². The van der Waals surface area contributed by atoms with Crippen LogP contribution < -0.4 is 4.74 Å². The molecule has 0 fully saturated rings. The van der Waals surface area contributed by atoms with E-state index in [1.165, 1.54) is 13.2 Å². The van der Waals surface area contributed by atoms with Crippen LogP contribution in [0.25, 0.3) is 0 Å². The number of aromatic hydroxyl groups is 1. The standard InChI is InChI=1S/C8H11NO2/c1-3-6-5-9-8(11-2)4-7(6)10/h4-5H,3H2,1-2H3,(H,9,10). The monoisotopic (exact) mass is 153 g/mol. The highest BCUT2D eigenvalue weighted by Crippen LogP contribution is 2.20. The number of hydrogen-bond donors (Lipinski definition) is 1. The molecule has 0 atom stereocenters. The minimum absolute atomic E-state index is 0.249. The van der Waals surface area contributed by atoms with Crippen molar-refractivity contribution >= 4 is 0 Å². The lowest BCUT2D eigenvalue weighted by molar-refractivity contribution is 0.390. The Hall–Kier alpha value is -1.25. The second-order valence-corrected chi connectivity index (χ2v) is 2.21. The van der Waals surface area contributed by atoms with Gasteiger partial charge in [0.15, 0.2) is 0 Å². The van der Waals surface area contributed by atoms with Gasteiger partial charge in [0, 0.05) is 17.8 Å². The van der Waals surface area contributed by atoms with Gasteiger partial charge in [-0.2, -0.15) is 0 Å². The van der Waals surface area contributed by atoms with Crippen molar-refractivity contribution < 1.29 is 9.84 Å². The van der Waals surface area contributed by atoms with Gasteiger partial charge in [-0.15, -0.1) is 0 Å². The van der Waals surface area contributed by atoms with Crippen LogP contribution in [0, 0.1) is 0 Å². The predicted molar refractivity (Wildman–Crippen MR) is 41.8 cm³/mol. The first-order valence-corrected chi connectivity index (χ1v) is 3.49. The molecule has 11 heavy (non-hydrogen) atoms. The Morgan fingerprint density at radius 2 is 2.36 bits per heavy atom. The third-order valence-corrected chi connectivity index (χ3v) is 1.53. The average molecular weight is 153 g/mol. The molecular weight excluding hydrogens is 142 g/mol. The van der Waals surface area contributed by atoms with Crippen molar-refractivity contribution in [2.24, 2.45) is 0 Å². The van der Waals surface area contributed by atoms with E-state index in [-0.39, 0.29) is 5.75 Å². The maximum Gasteiger partial charge on any atom is 0.216 e. The van der Waals surface area contributed by atoms with Gasteiger partial charge < -0.3 is 9.84 Å². The number of aromatic nitrogens is 1. The fourth-order valence-corrected chi connectivity index (χ4v) is 0.839. The van der Waals surface area contributed by atoms with Gasteiger partial charge in [-0.3, -0.25) is 0 Å². The van der Waals surface area contributed by atoms with Crippen molar-refractivity contribution in [2.75, 3.05) is 7.11 Å². The van der Waals surface area contributed by atoms with Crippen LogP contribution in [0.1, 0.15) is 12.5 Å². The van der Waals surface area contributed by atoms with Crippen molar-refractivity contribution in [2.45, 2.75) is 13.3 Å². The summed E-state index contributed by atoms with van der Waals surface area (Å²) in [6.07, 6.45) is 2.40. The zero-order chi connectivity index (χ0) is 8.27. The van der Waals surface area contributed by atoms with Gasteiger partial charge in [0.2, 0.25) is 5.88 Å². The van der Waals surface area contributed by atoms with Crippen LogP contribution in [0.5, 0.6) is 11.6 Å². The summed E-state index contributed by atoms with van der Waals surface area (Å²) in [5.74, 6) is 0.694. The molecule has 0 aliphatic rings. The van der Waals surface area contributed by atoms with Gasteiger partial charge >= 0.3 is 0 Å². The Balaban J connectivity index is 2.99. The maximum absolute atomic E-state index is 9.30. The molecule has 0 radical (unpaired) electrons. The van der Waals surface area contributed by atoms with E-state index >= 15 is 0 Å². The lowest BCUT2D eigenvalue weighted by Gasteiger charge is -2.02. The SMILES string of the molecule is CCc1cnc(OC)cc1O. The minimum Gasteiger partial charge on any atom is -0.507 e. The molecule has 0 aromatic carbocycles. The first kappa shape index (κ1) is 7.85. The van der Waals surface area contributed by atoms with Crippen LogP contribution in [0.3, 0.4) is 0 Å². The van der Waals surface area contributed by atoms with E-state index in [0.29, 0.717) is 5.88 Å². The number of methoxy groups -OCH3 is 1. The molecule has 3 heteroatoms. The predicted octanol–water partition coefficient (Wildman–Crippen LogP) is 1.36. The van der Waals surface area contributed by atoms with E-state index in [0.717, 1.165) is 12.0 Å². The molecule has 0 aliphatic heterocycles. The highest BCUT2D eigenvalue weighted by Gasteiger charge is 2.00. The van der Waals surface area contributed by atoms with Crippen molar-refractivity contribution in [3.8, 4) is 11.6 Å². The summed E-state index contributed by atoms with van der Waals surface area (Å²) in [5, 5.41) is 9.30. The molecule has 60 valence electrons. The van der Waals surface area contributed by atoms with Gasteiger partial charge in [0.1, 0.15) is 5.75 Å². The summed E-state index contributed by atoms with van der Waals surface area (Å²) < 4.78 is 4.82. The first-order valence-electron chi connectivity index (χ1n) is 3.49. The average Bonchev–Trinajstić information content (AvgIpc) is 2.04. The number of aryl methyl sites for hydroxylation is 1. The Labute approximate surface area is 65.7 Å². The summed E-state index contributed by atoms with van der Waals surface area (Å²) in [4.78, 5) is 3.95. The van der Waals surface area contributed by atoms with Crippen LogP contribution >= 0.6 is 0 Å². The van der Waals surface area contributed by atoms with E-state index in [1.54, 1.807) is 6.20 Å². The van der Waals surface area contributed by atoms with Gasteiger partial charge in [-0.25, -0.2) is 4.98 Å². The number of nitrogens with zero attached hydrogens (tertiary/aromatic N) is 1. The molecule has 1 aromatic heterocycles. The van der Waals surface area contributed by atoms with E-state index in [9.17, 15) is 5.11 Å². The molecule has 0 bridgehead atoms. The molecule has 0 unspecified atom stereocenters. The molecule has 3 nitrogen and oxygen atoms in total. The van der Waals surface area contributed by atoms with E-state index < -0.39 is 0 Å². The molecule has 0 spiro atoms. The van der Waals surface area contributed by atoms with Crippen molar-refractivity contribution in [3.63, 3.8) is 0 Å². The topological polar surface area (TPSA) is 42.4 Å². The first-order chi connectivity index (χ1) is 5.27. The molecule has 1 rings (SSSR count). The second-order valence-electron chi connectivity index (χ2n) is 2.21.